The molecule has 0 spiro atoms. The van der Waals surface area contributed by atoms with Crippen LogP contribution in [0.1, 0.15) is 5.69 Å². The van der Waals surface area contributed by atoms with Crippen molar-refractivity contribution in [2.24, 2.45) is 0 Å². The van der Waals surface area contributed by atoms with Gasteiger partial charge in [-0.15, -0.1) is 0 Å². The van der Waals surface area contributed by atoms with Crippen LogP contribution in [0, 0.1) is 6.92 Å². The Morgan fingerprint density at radius 1 is 1.24 bits per heavy atom. The number of pyridine rings is 1. The quantitative estimate of drug-likeness (QED) is 0.682. The first kappa shape index (κ1) is 9.77. The third-order valence-corrected chi connectivity index (χ3v) is 2.51. The van der Waals surface area contributed by atoms with Crippen molar-refractivity contribution in [3.8, 4) is 11.4 Å². The fourth-order valence-corrected chi connectivity index (χ4v) is 1.76. The Morgan fingerprint density at radius 3 is 2.88 bits per heavy atom. The van der Waals surface area contributed by atoms with E-state index in [4.69, 9.17) is 0 Å². The van der Waals surface area contributed by atoms with Gasteiger partial charge >= 0.3 is 0 Å². The Bertz CT molecular complexity index is 727. The highest BCUT2D eigenvalue weighted by Gasteiger charge is 2.06. The first-order valence-electron chi connectivity index (χ1n) is 5.25. The monoisotopic (exact) mass is 226 g/mol. The van der Waals surface area contributed by atoms with Crippen LogP contribution in [-0.4, -0.2) is 19.6 Å². The molecule has 84 valence electrons. The van der Waals surface area contributed by atoms with Crippen molar-refractivity contribution in [3.05, 3.63) is 52.6 Å². The molecular formula is C12H10N4O. The molecule has 5 nitrogen and oxygen atoms in total. The first-order valence-corrected chi connectivity index (χ1v) is 5.25. The van der Waals surface area contributed by atoms with Crippen LogP contribution in [-0.2, 0) is 0 Å². The molecule has 3 rings (SSSR count). The van der Waals surface area contributed by atoms with Gasteiger partial charge in [0.05, 0.1) is 11.4 Å². The lowest BCUT2D eigenvalue weighted by atomic mass is 10.2. The van der Waals surface area contributed by atoms with Gasteiger partial charge in [0, 0.05) is 24.0 Å². The number of hydrogen-bond acceptors (Lipinski definition) is 3. The summed E-state index contributed by atoms with van der Waals surface area (Å²) in [6.07, 6.45) is 1.68. The topological polar surface area (TPSA) is 63.1 Å². The zero-order valence-corrected chi connectivity index (χ0v) is 9.21. The van der Waals surface area contributed by atoms with E-state index in [9.17, 15) is 4.79 Å². The van der Waals surface area contributed by atoms with Crippen LogP contribution in [0.5, 0.6) is 0 Å². The molecule has 0 amide bonds. The number of aryl methyl sites for hydroxylation is 1. The molecule has 0 aliphatic carbocycles. The van der Waals surface area contributed by atoms with Gasteiger partial charge in [-0.05, 0) is 19.1 Å². The van der Waals surface area contributed by atoms with Gasteiger partial charge in [-0.25, -0.2) is 9.50 Å². The molecule has 0 atom stereocenters. The normalized spacial score (nSPS) is 10.9. The van der Waals surface area contributed by atoms with Crippen molar-refractivity contribution in [1.29, 1.82) is 0 Å². The second kappa shape index (κ2) is 3.55. The fourth-order valence-electron chi connectivity index (χ4n) is 1.76. The number of aromatic nitrogens is 4. The predicted molar refractivity (Wildman–Crippen MR) is 63.8 cm³/mol. The Hall–Kier alpha value is -2.43. The van der Waals surface area contributed by atoms with Gasteiger partial charge in [-0.1, -0.05) is 6.07 Å². The highest BCUT2D eigenvalue weighted by Crippen LogP contribution is 2.12. The summed E-state index contributed by atoms with van der Waals surface area (Å²) in [5, 5.41) is 2.93. The number of rotatable bonds is 1. The minimum Gasteiger partial charge on any atom is -0.294 e. The largest absolute Gasteiger partial charge is 0.294 e. The molecule has 0 fully saturated rings. The molecule has 0 bridgehead atoms. The zero-order chi connectivity index (χ0) is 11.8. The zero-order valence-electron chi connectivity index (χ0n) is 9.21. The molecule has 1 N–H and O–H groups in total. The van der Waals surface area contributed by atoms with Crippen LogP contribution in [0.2, 0.25) is 0 Å². The molecule has 0 unspecified atom stereocenters. The Kier molecular flexibility index (Phi) is 2.04. The maximum atomic E-state index is 11.9. The predicted octanol–water partition coefficient (Wildman–Crippen LogP) is 1.39. The maximum absolute atomic E-state index is 11.9. The van der Waals surface area contributed by atoms with Gasteiger partial charge in [-0.2, -0.15) is 0 Å². The summed E-state index contributed by atoms with van der Waals surface area (Å²) in [4.78, 5) is 20.4. The van der Waals surface area contributed by atoms with E-state index in [0.29, 0.717) is 17.0 Å². The number of nitrogens with one attached hydrogen (secondary N) is 1. The average molecular weight is 226 g/mol. The third kappa shape index (κ3) is 1.61. The molecule has 3 aromatic heterocycles. The van der Waals surface area contributed by atoms with E-state index in [0.717, 1.165) is 5.69 Å². The van der Waals surface area contributed by atoms with Crippen LogP contribution in [0.25, 0.3) is 17.0 Å². The minimum atomic E-state index is -0.135. The molecule has 5 heteroatoms. The number of aromatic amines is 1. The number of hydrogen-bond donors (Lipinski definition) is 1. The molecule has 0 saturated heterocycles. The van der Waals surface area contributed by atoms with Crippen LogP contribution in [0.3, 0.4) is 0 Å². The minimum absolute atomic E-state index is 0.135. The lowest BCUT2D eigenvalue weighted by Crippen LogP contribution is -2.14. The molecule has 3 aromatic rings. The SMILES string of the molecule is Cc1cc2nc(-c3ccccn3)cc(=O)n2[nH]1. The van der Waals surface area contributed by atoms with E-state index in [-0.39, 0.29) is 5.56 Å². The summed E-state index contributed by atoms with van der Waals surface area (Å²) < 4.78 is 1.42. The first-order chi connectivity index (χ1) is 8.24. The summed E-state index contributed by atoms with van der Waals surface area (Å²) in [6, 6.07) is 8.83. The third-order valence-electron chi connectivity index (χ3n) is 2.51. The van der Waals surface area contributed by atoms with Crippen molar-refractivity contribution in [2.45, 2.75) is 6.92 Å². The Labute approximate surface area is 96.8 Å². The highest BCUT2D eigenvalue weighted by atomic mass is 16.1. The molecule has 0 radical (unpaired) electrons. The summed E-state index contributed by atoms with van der Waals surface area (Å²) >= 11 is 0. The highest BCUT2D eigenvalue weighted by molar-refractivity contribution is 5.57. The maximum Gasteiger partial charge on any atom is 0.273 e. The van der Waals surface area contributed by atoms with Crippen molar-refractivity contribution in [1.82, 2.24) is 19.6 Å². The van der Waals surface area contributed by atoms with Gasteiger partial charge in [0.25, 0.3) is 5.56 Å². The lowest BCUT2D eigenvalue weighted by Gasteiger charge is -1.99. The van der Waals surface area contributed by atoms with Crippen molar-refractivity contribution >= 4 is 5.65 Å². The second-order valence-corrected chi connectivity index (χ2v) is 3.83. The molecule has 0 aromatic carbocycles. The number of H-pyrrole nitrogens is 1. The van der Waals surface area contributed by atoms with E-state index in [2.05, 4.69) is 15.1 Å². The van der Waals surface area contributed by atoms with Crippen molar-refractivity contribution in [3.63, 3.8) is 0 Å². The van der Waals surface area contributed by atoms with Crippen LogP contribution in [0.4, 0.5) is 0 Å². The van der Waals surface area contributed by atoms with E-state index >= 15 is 0 Å². The standard InChI is InChI=1S/C12H10N4O/c1-8-6-11-14-10(7-12(17)16(11)15-8)9-4-2-3-5-13-9/h2-7,15H,1H3. The number of fused-ring (bicyclic) bond motifs is 1. The summed E-state index contributed by atoms with van der Waals surface area (Å²) in [7, 11) is 0. The van der Waals surface area contributed by atoms with E-state index in [1.165, 1.54) is 10.6 Å². The molecule has 0 aliphatic heterocycles. The number of nitrogens with zero attached hydrogens (tertiary/aromatic N) is 3. The average Bonchev–Trinajstić information content (AvgIpc) is 2.71. The second-order valence-electron chi connectivity index (χ2n) is 3.83. The van der Waals surface area contributed by atoms with Gasteiger partial charge in [0.2, 0.25) is 0 Å². The lowest BCUT2D eigenvalue weighted by molar-refractivity contribution is 0.881. The summed E-state index contributed by atoms with van der Waals surface area (Å²) in [5.74, 6) is 0. The summed E-state index contributed by atoms with van der Waals surface area (Å²) in [5.41, 5.74) is 2.66. The van der Waals surface area contributed by atoms with Crippen molar-refractivity contribution in [2.75, 3.05) is 0 Å². The smallest absolute Gasteiger partial charge is 0.273 e. The Morgan fingerprint density at radius 2 is 2.12 bits per heavy atom. The van der Waals surface area contributed by atoms with Gasteiger partial charge in [0.15, 0.2) is 5.65 Å². The molecule has 0 saturated carbocycles. The molecular weight excluding hydrogens is 216 g/mol. The van der Waals surface area contributed by atoms with Gasteiger partial charge in [-0.3, -0.25) is 14.9 Å². The van der Waals surface area contributed by atoms with Crippen LogP contribution < -0.4 is 5.56 Å². The van der Waals surface area contributed by atoms with E-state index in [1.54, 1.807) is 6.20 Å². The van der Waals surface area contributed by atoms with Gasteiger partial charge in [0.1, 0.15) is 0 Å². The molecule has 3 heterocycles. The Balaban J connectivity index is 2.29. The fraction of sp³-hybridized carbons (Fsp3) is 0.0833. The molecule has 0 aliphatic rings. The molecule has 17 heavy (non-hydrogen) atoms. The van der Waals surface area contributed by atoms with Gasteiger partial charge < -0.3 is 0 Å². The van der Waals surface area contributed by atoms with E-state index < -0.39 is 0 Å². The summed E-state index contributed by atoms with van der Waals surface area (Å²) in [6.45, 7) is 1.88. The van der Waals surface area contributed by atoms with Crippen LogP contribution in [0.15, 0.2) is 41.3 Å². The van der Waals surface area contributed by atoms with Crippen LogP contribution >= 0.6 is 0 Å². The van der Waals surface area contributed by atoms with E-state index in [1.807, 2.05) is 31.2 Å². The van der Waals surface area contributed by atoms with Crippen molar-refractivity contribution < 1.29 is 0 Å².